The van der Waals surface area contributed by atoms with Crippen molar-refractivity contribution in [3.8, 4) is 11.5 Å². The van der Waals surface area contributed by atoms with Crippen LogP contribution in [0.5, 0.6) is 0 Å². The van der Waals surface area contributed by atoms with E-state index in [1.807, 2.05) is 23.6 Å². The van der Waals surface area contributed by atoms with Crippen LogP contribution in [-0.2, 0) is 13.6 Å². The Morgan fingerprint density at radius 1 is 1.40 bits per heavy atom. The third-order valence-electron chi connectivity index (χ3n) is 2.62. The zero-order chi connectivity index (χ0) is 13.9. The Hall–Kier alpha value is -1.99. The molecule has 0 spiro atoms. The van der Waals surface area contributed by atoms with Crippen molar-refractivity contribution in [2.24, 2.45) is 7.05 Å². The number of nitrogens with one attached hydrogen (secondary N) is 1. The molecule has 6 nitrogen and oxygen atoms in total. The molecular formula is C12H11ClN6S. The van der Waals surface area contributed by atoms with Crippen LogP contribution in [0.1, 0.15) is 5.56 Å². The lowest BCUT2D eigenvalue weighted by Crippen LogP contribution is -1.99. The number of hydrogen-bond acceptors (Lipinski definition) is 6. The molecule has 0 fully saturated rings. The van der Waals surface area contributed by atoms with Crippen LogP contribution in [0.3, 0.4) is 0 Å². The van der Waals surface area contributed by atoms with Gasteiger partial charge in [-0.15, -0.1) is 21.5 Å². The Labute approximate surface area is 124 Å². The topological polar surface area (TPSA) is 68.5 Å². The summed E-state index contributed by atoms with van der Waals surface area (Å²) in [5, 5.41) is 17.1. The fraction of sp³-hybridized carbons (Fsp3) is 0.167. The predicted octanol–water partition coefficient (Wildman–Crippen LogP) is 2.60. The van der Waals surface area contributed by atoms with Gasteiger partial charge in [-0.3, -0.25) is 4.98 Å². The normalized spacial score (nSPS) is 10.7. The first-order valence-electron chi connectivity index (χ1n) is 5.88. The summed E-state index contributed by atoms with van der Waals surface area (Å²) in [6, 6.07) is 5.75. The van der Waals surface area contributed by atoms with Crippen LogP contribution in [0, 0.1) is 0 Å². The summed E-state index contributed by atoms with van der Waals surface area (Å²) in [6.07, 6.45) is 1.75. The summed E-state index contributed by atoms with van der Waals surface area (Å²) >= 11 is 7.41. The predicted molar refractivity (Wildman–Crippen MR) is 78.7 cm³/mol. The zero-order valence-corrected chi connectivity index (χ0v) is 12.2. The van der Waals surface area contributed by atoms with Gasteiger partial charge in [0.1, 0.15) is 5.69 Å². The fourth-order valence-corrected chi connectivity index (χ4v) is 2.57. The van der Waals surface area contributed by atoms with Gasteiger partial charge in [-0.1, -0.05) is 11.6 Å². The number of aromatic nitrogens is 5. The average Bonchev–Trinajstić information content (AvgIpc) is 3.06. The van der Waals surface area contributed by atoms with Crippen molar-refractivity contribution < 1.29 is 0 Å². The molecule has 0 saturated heterocycles. The minimum Gasteiger partial charge on any atom is -0.380 e. The van der Waals surface area contributed by atoms with Gasteiger partial charge in [-0.2, -0.15) is 4.80 Å². The molecule has 0 radical (unpaired) electrons. The molecular weight excluding hydrogens is 296 g/mol. The molecule has 8 heteroatoms. The highest BCUT2D eigenvalue weighted by Gasteiger charge is 2.05. The van der Waals surface area contributed by atoms with E-state index in [9.17, 15) is 0 Å². The molecule has 1 N–H and O–H groups in total. The number of tetrazole rings is 1. The Balaban J connectivity index is 1.67. The second kappa shape index (κ2) is 5.56. The number of halogens is 1. The quantitative estimate of drug-likeness (QED) is 0.802. The molecule has 3 aromatic rings. The molecule has 0 saturated carbocycles. The first-order valence-corrected chi connectivity index (χ1v) is 7.14. The zero-order valence-electron chi connectivity index (χ0n) is 10.6. The molecule has 0 amide bonds. The van der Waals surface area contributed by atoms with Crippen molar-refractivity contribution in [3.63, 3.8) is 0 Å². The van der Waals surface area contributed by atoms with E-state index in [4.69, 9.17) is 11.6 Å². The van der Waals surface area contributed by atoms with E-state index >= 15 is 0 Å². The second-order valence-electron chi connectivity index (χ2n) is 4.15. The summed E-state index contributed by atoms with van der Waals surface area (Å²) in [5.74, 6) is 0.517. The second-order valence-corrected chi connectivity index (χ2v) is 5.69. The third kappa shape index (κ3) is 2.94. The van der Waals surface area contributed by atoms with E-state index in [0.29, 0.717) is 18.1 Å². The van der Waals surface area contributed by atoms with Gasteiger partial charge in [-0.25, -0.2) is 0 Å². The van der Waals surface area contributed by atoms with E-state index < -0.39 is 0 Å². The summed E-state index contributed by atoms with van der Waals surface area (Å²) in [6.45, 7) is 0.716. The maximum Gasteiger partial charge on any atom is 0.223 e. The Kier molecular flexibility index (Phi) is 3.62. The number of pyridine rings is 1. The molecule has 0 aromatic carbocycles. The van der Waals surface area contributed by atoms with Gasteiger partial charge in [0.2, 0.25) is 5.82 Å². The van der Waals surface area contributed by atoms with Crippen molar-refractivity contribution in [2.75, 3.05) is 5.32 Å². The van der Waals surface area contributed by atoms with Crippen LogP contribution in [-0.4, -0.2) is 25.2 Å². The molecule has 0 aliphatic heterocycles. The van der Waals surface area contributed by atoms with E-state index in [2.05, 4.69) is 25.7 Å². The number of aryl methyl sites for hydroxylation is 1. The Morgan fingerprint density at radius 3 is 2.90 bits per heavy atom. The van der Waals surface area contributed by atoms with Gasteiger partial charge in [-0.05, 0) is 34.4 Å². The lowest BCUT2D eigenvalue weighted by molar-refractivity contribution is 0.630. The van der Waals surface area contributed by atoms with Crippen molar-refractivity contribution in [2.45, 2.75) is 6.54 Å². The molecule has 0 unspecified atom stereocenters. The van der Waals surface area contributed by atoms with E-state index in [1.165, 1.54) is 16.1 Å². The minimum atomic E-state index is 0.517. The number of thiophene rings is 1. The first kappa shape index (κ1) is 13.0. The number of rotatable bonds is 4. The third-order valence-corrected chi connectivity index (χ3v) is 3.76. The summed E-state index contributed by atoms with van der Waals surface area (Å²) in [4.78, 5) is 5.72. The lowest BCUT2D eigenvalue weighted by Gasteiger charge is -2.04. The van der Waals surface area contributed by atoms with Gasteiger partial charge in [0, 0.05) is 6.54 Å². The first-order chi connectivity index (χ1) is 9.70. The lowest BCUT2D eigenvalue weighted by atomic mass is 10.3. The number of anilines is 1. The van der Waals surface area contributed by atoms with Gasteiger partial charge < -0.3 is 5.32 Å². The fourth-order valence-electron chi connectivity index (χ4n) is 1.66. The van der Waals surface area contributed by atoms with Gasteiger partial charge in [0.15, 0.2) is 0 Å². The summed E-state index contributed by atoms with van der Waals surface area (Å²) in [5.41, 5.74) is 2.78. The molecule has 3 rings (SSSR count). The molecule has 0 atom stereocenters. The van der Waals surface area contributed by atoms with Crippen molar-refractivity contribution in [1.82, 2.24) is 25.2 Å². The van der Waals surface area contributed by atoms with E-state index in [-0.39, 0.29) is 0 Å². The Morgan fingerprint density at radius 2 is 2.30 bits per heavy atom. The molecule has 3 heterocycles. The molecule has 0 aliphatic carbocycles. The number of hydrogen-bond donors (Lipinski definition) is 1. The van der Waals surface area contributed by atoms with Gasteiger partial charge in [0.05, 0.1) is 23.3 Å². The smallest absolute Gasteiger partial charge is 0.223 e. The highest BCUT2D eigenvalue weighted by molar-refractivity contribution is 7.14. The molecule has 0 aliphatic rings. The van der Waals surface area contributed by atoms with Crippen LogP contribution < -0.4 is 5.32 Å². The van der Waals surface area contributed by atoms with Crippen LogP contribution in [0.15, 0.2) is 29.8 Å². The largest absolute Gasteiger partial charge is 0.380 e. The molecule has 3 aromatic heterocycles. The average molecular weight is 307 g/mol. The van der Waals surface area contributed by atoms with Crippen molar-refractivity contribution >= 4 is 28.6 Å². The molecule has 102 valence electrons. The molecule has 20 heavy (non-hydrogen) atoms. The molecule has 0 bridgehead atoms. The minimum absolute atomic E-state index is 0.517. The van der Waals surface area contributed by atoms with Crippen LogP contribution in [0.25, 0.3) is 11.5 Å². The van der Waals surface area contributed by atoms with E-state index in [1.54, 1.807) is 13.2 Å². The maximum atomic E-state index is 5.89. The van der Waals surface area contributed by atoms with E-state index in [0.717, 1.165) is 15.6 Å². The summed E-state index contributed by atoms with van der Waals surface area (Å²) < 4.78 is 0.795. The van der Waals surface area contributed by atoms with Crippen LogP contribution >= 0.6 is 22.9 Å². The standard InChI is InChI=1S/C12H11ClN6S/c1-19-17-12(16-18-19)10-3-2-9(6-15-10)14-5-8-4-11(13)20-7-8/h2-4,6-7,14H,5H2,1H3. The van der Waals surface area contributed by atoms with Crippen molar-refractivity contribution in [1.29, 1.82) is 0 Å². The SMILES string of the molecule is Cn1nnc(-c2ccc(NCc3csc(Cl)c3)cn2)n1. The van der Waals surface area contributed by atoms with Gasteiger partial charge >= 0.3 is 0 Å². The van der Waals surface area contributed by atoms with Crippen LogP contribution in [0.4, 0.5) is 5.69 Å². The maximum absolute atomic E-state index is 5.89. The Bertz CT molecular complexity index is 705. The highest BCUT2D eigenvalue weighted by atomic mass is 35.5. The number of nitrogens with zero attached hydrogens (tertiary/aromatic N) is 5. The highest BCUT2D eigenvalue weighted by Crippen LogP contribution is 2.21. The van der Waals surface area contributed by atoms with Crippen LogP contribution in [0.2, 0.25) is 4.34 Å². The summed E-state index contributed by atoms with van der Waals surface area (Å²) in [7, 11) is 1.72. The monoisotopic (exact) mass is 306 g/mol. The van der Waals surface area contributed by atoms with Crippen molar-refractivity contribution in [3.05, 3.63) is 39.7 Å². The van der Waals surface area contributed by atoms with Gasteiger partial charge in [0.25, 0.3) is 0 Å².